The lowest BCUT2D eigenvalue weighted by Gasteiger charge is -2.49. The summed E-state index contributed by atoms with van der Waals surface area (Å²) in [5.74, 6) is -1.17. The molecule has 6 nitrogen and oxygen atoms in total. The molecule has 2 saturated heterocycles. The highest BCUT2D eigenvalue weighted by atomic mass is 32.1. The molecular formula is C23H26F3N3O3S. The first-order valence-corrected chi connectivity index (χ1v) is 11.7. The first-order valence-electron chi connectivity index (χ1n) is 10.8. The molecule has 10 heteroatoms. The third kappa shape index (κ3) is 3.93. The Labute approximate surface area is 194 Å². The van der Waals surface area contributed by atoms with Crippen LogP contribution in [0, 0.1) is 12.3 Å². The summed E-state index contributed by atoms with van der Waals surface area (Å²) in [6.07, 6.45) is -3.80. The molecule has 2 atom stereocenters. The number of benzene rings is 1. The molecule has 4 rings (SSSR count). The van der Waals surface area contributed by atoms with Crippen LogP contribution < -0.4 is 5.32 Å². The average molecular weight is 482 g/mol. The summed E-state index contributed by atoms with van der Waals surface area (Å²) in [6, 6.07) is 7.01. The van der Waals surface area contributed by atoms with Gasteiger partial charge in [0.25, 0.3) is 11.5 Å². The zero-order valence-corrected chi connectivity index (χ0v) is 19.3. The summed E-state index contributed by atoms with van der Waals surface area (Å²) in [7, 11) is 0.915. The van der Waals surface area contributed by atoms with E-state index >= 15 is 0 Å². The molecule has 2 aromatic rings. The molecule has 1 spiro atoms. The number of nitrogens with one attached hydrogen (secondary N) is 1. The SMILES string of the molecule is CO[C@@](C(=O)N1CCC2(CC1)CC(=O)NCC2c1scnc1C)(c1ccccc1)C(F)(F)F. The number of likely N-dealkylation sites (tertiary alicyclic amines) is 1. The Balaban J connectivity index is 1.62. The van der Waals surface area contributed by atoms with Crippen molar-refractivity contribution in [1.29, 1.82) is 0 Å². The lowest BCUT2D eigenvalue weighted by atomic mass is 9.64. The first-order chi connectivity index (χ1) is 15.6. The lowest BCUT2D eigenvalue weighted by molar-refractivity contribution is -0.271. The number of ether oxygens (including phenoxy) is 1. The molecule has 1 unspecified atom stereocenters. The van der Waals surface area contributed by atoms with Crippen molar-refractivity contribution in [1.82, 2.24) is 15.2 Å². The van der Waals surface area contributed by atoms with Gasteiger partial charge < -0.3 is 15.0 Å². The zero-order chi connectivity index (χ0) is 23.9. The van der Waals surface area contributed by atoms with Crippen LogP contribution in [0.1, 0.15) is 41.3 Å². The van der Waals surface area contributed by atoms with E-state index in [9.17, 15) is 22.8 Å². The molecule has 0 radical (unpaired) electrons. The predicted molar refractivity (Wildman–Crippen MR) is 117 cm³/mol. The number of hydrogen-bond donors (Lipinski definition) is 1. The topological polar surface area (TPSA) is 71.5 Å². The van der Waals surface area contributed by atoms with Crippen molar-refractivity contribution in [2.75, 3.05) is 26.7 Å². The maximum absolute atomic E-state index is 14.3. The van der Waals surface area contributed by atoms with Crippen LogP contribution >= 0.6 is 11.3 Å². The number of amides is 2. The van der Waals surface area contributed by atoms with Gasteiger partial charge in [0.1, 0.15) is 0 Å². The van der Waals surface area contributed by atoms with Crippen LogP contribution in [0.5, 0.6) is 0 Å². The van der Waals surface area contributed by atoms with Gasteiger partial charge in [0, 0.05) is 49.5 Å². The van der Waals surface area contributed by atoms with Crippen LogP contribution in [0.15, 0.2) is 35.8 Å². The number of methoxy groups -OCH3 is 1. The van der Waals surface area contributed by atoms with Crippen LogP contribution in [-0.4, -0.2) is 54.6 Å². The largest absolute Gasteiger partial charge is 0.430 e. The van der Waals surface area contributed by atoms with Gasteiger partial charge in [-0.25, -0.2) is 4.98 Å². The normalized spacial score (nSPS) is 22.6. The van der Waals surface area contributed by atoms with Crippen molar-refractivity contribution in [3.8, 4) is 0 Å². The molecule has 178 valence electrons. The van der Waals surface area contributed by atoms with Crippen molar-refractivity contribution in [2.45, 2.75) is 43.9 Å². The standard InChI is InChI=1S/C23H26F3N3O3S/c1-15-19(33-14-28-15)17-13-27-18(30)12-21(17)8-10-29(11-9-21)20(31)22(32-2,23(24,25)26)16-6-4-3-5-7-16/h3-7,14,17H,8-13H2,1-2H3,(H,27,30)/t17?,22-/m1/s1. The summed E-state index contributed by atoms with van der Waals surface area (Å²) in [5, 5.41) is 2.92. The number of piperidine rings is 2. The molecule has 2 aliphatic heterocycles. The Morgan fingerprint density at radius 1 is 1.24 bits per heavy atom. The number of nitrogens with zero attached hydrogens (tertiary/aromatic N) is 2. The molecule has 2 aliphatic rings. The average Bonchev–Trinajstić information content (AvgIpc) is 3.20. The highest BCUT2D eigenvalue weighted by Gasteiger charge is 2.64. The number of carbonyl (C=O) groups excluding carboxylic acids is 2. The van der Waals surface area contributed by atoms with E-state index in [1.807, 2.05) is 6.92 Å². The Kier molecular flexibility index (Phi) is 6.26. The van der Waals surface area contributed by atoms with Crippen molar-refractivity contribution in [2.24, 2.45) is 5.41 Å². The minimum Gasteiger partial charge on any atom is -0.356 e. The quantitative estimate of drug-likeness (QED) is 0.722. The van der Waals surface area contributed by atoms with Crippen LogP contribution in [0.2, 0.25) is 0 Å². The fourth-order valence-electron chi connectivity index (χ4n) is 5.26. The van der Waals surface area contributed by atoms with Crippen LogP contribution in [-0.2, 0) is 19.9 Å². The number of carbonyl (C=O) groups is 2. The Morgan fingerprint density at radius 3 is 2.45 bits per heavy atom. The van der Waals surface area contributed by atoms with Crippen molar-refractivity contribution in [3.05, 3.63) is 52.0 Å². The molecule has 0 aliphatic carbocycles. The summed E-state index contributed by atoms with van der Waals surface area (Å²) in [5.41, 5.74) is -1.07. The summed E-state index contributed by atoms with van der Waals surface area (Å²) in [4.78, 5) is 32.3. The molecular weight excluding hydrogens is 455 g/mol. The van der Waals surface area contributed by atoms with Crippen LogP contribution in [0.25, 0.3) is 0 Å². The molecule has 3 heterocycles. The van der Waals surface area contributed by atoms with Crippen molar-refractivity contribution < 1.29 is 27.5 Å². The Bertz CT molecular complexity index is 1020. The van der Waals surface area contributed by atoms with Gasteiger partial charge in [0.2, 0.25) is 5.91 Å². The number of thiazole rings is 1. The van der Waals surface area contributed by atoms with Crippen molar-refractivity contribution >= 4 is 23.2 Å². The van der Waals surface area contributed by atoms with E-state index in [0.717, 1.165) is 17.7 Å². The molecule has 1 aromatic carbocycles. The van der Waals surface area contributed by atoms with Crippen LogP contribution in [0.3, 0.4) is 0 Å². The number of hydrogen-bond acceptors (Lipinski definition) is 5. The third-order valence-corrected chi connectivity index (χ3v) is 8.13. The first kappa shape index (κ1) is 23.7. The monoisotopic (exact) mass is 481 g/mol. The number of aryl methyl sites for hydroxylation is 1. The van der Waals surface area contributed by atoms with Gasteiger partial charge in [0.05, 0.1) is 11.2 Å². The second-order valence-corrected chi connectivity index (χ2v) is 9.63. The van der Waals surface area contributed by atoms with Gasteiger partial charge in [-0.05, 0) is 25.2 Å². The second kappa shape index (κ2) is 8.72. The maximum atomic E-state index is 14.3. The molecule has 0 saturated carbocycles. The number of halogens is 3. The van der Waals surface area contributed by atoms with Gasteiger partial charge >= 0.3 is 6.18 Å². The van der Waals surface area contributed by atoms with E-state index in [-0.39, 0.29) is 36.9 Å². The number of rotatable bonds is 4. The lowest BCUT2D eigenvalue weighted by Crippen LogP contribution is -2.60. The van der Waals surface area contributed by atoms with E-state index in [1.165, 1.54) is 40.5 Å². The van der Waals surface area contributed by atoms with Crippen LogP contribution in [0.4, 0.5) is 13.2 Å². The van der Waals surface area contributed by atoms with Gasteiger partial charge in [-0.3, -0.25) is 9.59 Å². The zero-order valence-electron chi connectivity index (χ0n) is 18.4. The Hall–Kier alpha value is -2.46. The minimum atomic E-state index is -4.94. The maximum Gasteiger partial charge on any atom is 0.430 e. The van der Waals surface area contributed by atoms with E-state index in [2.05, 4.69) is 10.3 Å². The fraction of sp³-hybridized carbons (Fsp3) is 0.522. The molecule has 0 bridgehead atoms. The molecule has 1 aromatic heterocycles. The summed E-state index contributed by atoms with van der Waals surface area (Å²) in [6.45, 7) is 2.62. The molecule has 1 N–H and O–H groups in total. The summed E-state index contributed by atoms with van der Waals surface area (Å²) < 4.78 is 47.9. The highest BCUT2D eigenvalue weighted by molar-refractivity contribution is 7.09. The molecule has 2 fully saturated rings. The molecule has 33 heavy (non-hydrogen) atoms. The van der Waals surface area contributed by atoms with E-state index in [4.69, 9.17) is 4.74 Å². The third-order valence-electron chi connectivity index (χ3n) is 7.09. The minimum absolute atomic E-state index is 0.0175. The summed E-state index contributed by atoms with van der Waals surface area (Å²) >= 11 is 1.53. The van der Waals surface area contributed by atoms with E-state index < -0.39 is 23.1 Å². The van der Waals surface area contributed by atoms with Gasteiger partial charge in [-0.2, -0.15) is 13.2 Å². The predicted octanol–water partition coefficient (Wildman–Crippen LogP) is 3.77. The smallest absolute Gasteiger partial charge is 0.356 e. The highest BCUT2D eigenvalue weighted by Crippen LogP contribution is 2.51. The molecule has 2 amide bonds. The van der Waals surface area contributed by atoms with Gasteiger partial charge in [-0.15, -0.1) is 11.3 Å². The van der Waals surface area contributed by atoms with Gasteiger partial charge in [-0.1, -0.05) is 30.3 Å². The van der Waals surface area contributed by atoms with E-state index in [1.54, 1.807) is 11.6 Å². The van der Waals surface area contributed by atoms with Gasteiger partial charge in [0.15, 0.2) is 0 Å². The Morgan fingerprint density at radius 2 is 1.91 bits per heavy atom. The second-order valence-electron chi connectivity index (χ2n) is 8.74. The van der Waals surface area contributed by atoms with Crippen molar-refractivity contribution in [3.63, 3.8) is 0 Å². The fourth-order valence-corrected chi connectivity index (χ4v) is 6.30. The number of aromatic nitrogens is 1. The van der Waals surface area contributed by atoms with E-state index in [0.29, 0.717) is 19.4 Å². The number of alkyl halides is 3.